The molecule has 2 aromatic rings. The van der Waals surface area contributed by atoms with Crippen molar-refractivity contribution in [2.75, 3.05) is 37.7 Å². The van der Waals surface area contributed by atoms with Gasteiger partial charge in [-0.1, -0.05) is 31.1 Å². The predicted octanol–water partition coefficient (Wildman–Crippen LogP) is 4.17. The third kappa shape index (κ3) is 5.52. The molecule has 0 radical (unpaired) electrons. The van der Waals surface area contributed by atoms with Gasteiger partial charge in [0.05, 0.1) is 19.7 Å². The van der Waals surface area contributed by atoms with Gasteiger partial charge in [0.1, 0.15) is 5.75 Å². The first-order valence-electron chi connectivity index (χ1n) is 13.1. The van der Waals surface area contributed by atoms with Crippen molar-refractivity contribution in [1.82, 2.24) is 15.0 Å². The predicted molar refractivity (Wildman–Crippen MR) is 132 cm³/mol. The molecule has 2 saturated heterocycles. The molecule has 3 heterocycles. The minimum atomic E-state index is 0.0884. The first-order chi connectivity index (χ1) is 17.0. The van der Waals surface area contributed by atoms with Crippen LogP contribution in [-0.2, 0) is 9.59 Å². The molecule has 0 N–H and O–H groups in total. The summed E-state index contributed by atoms with van der Waals surface area (Å²) in [6.45, 7) is 7.31. The number of hydrogen-bond donors (Lipinski definition) is 0. The lowest BCUT2D eigenvalue weighted by Gasteiger charge is -2.35. The second kappa shape index (κ2) is 10.4. The highest BCUT2D eigenvalue weighted by molar-refractivity contribution is 5.96. The quantitative estimate of drug-likeness (QED) is 0.587. The lowest BCUT2D eigenvalue weighted by atomic mass is 9.78. The molecule has 8 heteroatoms. The molecule has 1 saturated carbocycles. The Morgan fingerprint density at radius 2 is 1.74 bits per heavy atom. The topological polar surface area (TPSA) is 88.8 Å². The number of nitrogens with zero attached hydrogens (tertiary/aromatic N) is 4. The van der Waals surface area contributed by atoms with Gasteiger partial charge in [-0.3, -0.25) is 9.59 Å². The van der Waals surface area contributed by atoms with Gasteiger partial charge in [-0.05, 0) is 68.1 Å². The van der Waals surface area contributed by atoms with E-state index in [1.165, 1.54) is 5.56 Å². The molecule has 0 atom stereocenters. The highest BCUT2D eigenvalue weighted by atomic mass is 16.5. The van der Waals surface area contributed by atoms with Crippen LogP contribution in [0.3, 0.4) is 0 Å². The minimum absolute atomic E-state index is 0.0884. The average molecular weight is 481 g/mol. The number of carbonyl (C=O) groups excluding carboxylic acids is 2. The van der Waals surface area contributed by atoms with Crippen molar-refractivity contribution in [2.24, 2.45) is 11.8 Å². The first kappa shape index (κ1) is 23.8. The maximum absolute atomic E-state index is 12.5. The van der Waals surface area contributed by atoms with Gasteiger partial charge in [-0.2, -0.15) is 4.98 Å². The van der Waals surface area contributed by atoms with Gasteiger partial charge in [-0.15, -0.1) is 0 Å². The molecular weight excluding hydrogens is 444 g/mol. The van der Waals surface area contributed by atoms with Crippen LogP contribution in [0.5, 0.6) is 5.75 Å². The molecule has 0 unspecified atom stereocenters. The average Bonchev–Trinajstić information content (AvgIpc) is 3.37. The molecule has 3 aliphatic rings. The molecule has 35 heavy (non-hydrogen) atoms. The summed E-state index contributed by atoms with van der Waals surface area (Å²) in [5.41, 5.74) is 1.33. The van der Waals surface area contributed by atoms with Crippen molar-refractivity contribution in [2.45, 2.75) is 64.2 Å². The van der Waals surface area contributed by atoms with Crippen LogP contribution in [-0.4, -0.2) is 59.5 Å². The number of ketones is 1. The number of Topliss-reactive ketones (excluding diaryl/α,β-unsaturated/α-hetero) is 1. The van der Waals surface area contributed by atoms with Crippen molar-refractivity contribution in [1.29, 1.82) is 0 Å². The molecule has 188 valence electrons. The zero-order valence-corrected chi connectivity index (χ0v) is 20.8. The Hall–Kier alpha value is -2.90. The lowest BCUT2D eigenvalue weighted by Crippen LogP contribution is -2.52. The van der Waals surface area contributed by atoms with E-state index < -0.39 is 0 Å². The summed E-state index contributed by atoms with van der Waals surface area (Å²) in [4.78, 5) is 32.0. The van der Waals surface area contributed by atoms with Crippen molar-refractivity contribution < 1.29 is 18.8 Å². The van der Waals surface area contributed by atoms with Crippen LogP contribution in [0.1, 0.15) is 75.6 Å². The van der Waals surface area contributed by atoms with Crippen molar-refractivity contribution in [3.8, 4) is 5.75 Å². The summed E-state index contributed by atoms with van der Waals surface area (Å²) in [5, 5.41) is 4.07. The molecule has 2 aliphatic heterocycles. The Balaban J connectivity index is 1.04. The van der Waals surface area contributed by atoms with E-state index in [4.69, 9.17) is 9.26 Å². The van der Waals surface area contributed by atoms with Crippen LogP contribution in [0.4, 0.5) is 6.01 Å². The number of likely N-dealkylation sites (tertiary alicyclic amines) is 1. The third-order valence-electron chi connectivity index (χ3n) is 7.79. The van der Waals surface area contributed by atoms with Crippen LogP contribution in [0.25, 0.3) is 0 Å². The molecule has 0 bridgehead atoms. The van der Waals surface area contributed by atoms with Crippen LogP contribution in [0.15, 0.2) is 28.8 Å². The number of hydrogen-bond acceptors (Lipinski definition) is 7. The SMILES string of the molecule is CC(C)c1noc(N2CCC(COc3ccc(C4CCC(C(=O)N5CC(=O)C5)CC4)cc3)CC2)n1. The highest BCUT2D eigenvalue weighted by Gasteiger charge is 2.35. The number of aromatic nitrogens is 2. The Bertz CT molecular complexity index is 1010. The number of benzene rings is 1. The summed E-state index contributed by atoms with van der Waals surface area (Å²) >= 11 is 0. The fourth-order valence-corrected chi connectivity index (χ4v) is 5.40. The van der Waals surface area contributed by atoms with Gasteiger partial charge < -0.3 is 19.1 Å². The summed E-state index contributed by atoms with van der Waals surface area (Å²) < 4.78 is 11.6. The number of ether oxygens (including phenoxy) is 1. The van der Waals surface area contributed by atoms with Crippen LogP contribution >= 0.6 is 0 Å². The number of rotatable bonds is 7. The largest absolute Gasteiger partial charge is 0.493 e. The fourth-order valence-electron chi connectivity index (χ4n) is 5.40. The Morgan fingerprint density at radius 3 is 2.34 bits per heavy atom. The zero-order chi connectivity index (χ0) is 24.4. The molecule has 3 fully saturated rings. The number of anilines is 1. The smallest absolute Gasteiger partial charge is 0.324 e. The van der Waals surface area contributed by atoms with E-state index in [1.54, 1.807) is 4.90 Å². The van der Waals surface area contributed by atoms with E-state index >= 15 is 0 Å². The van der Waals surface area contributed by atoms with Crippen molar-refractivity contribution in [3.63, 3.8) is 0 Å². The van der Waals surface area contributed by atoms with Crippen LogP contribution in [0, 0.1) is 11.8 Å². The fraction of sp³-hybridized carbons (Fsp3) is 0.630. The normalized spacial score (nSPS) is 23.5. The van der Waals surface area contributed by atoms with E-state index in [1.807, 2.05) is 0 Å². The molecule has 1 aromatic carbocycles. The summed E-state index contributed by atoms with van der Waals surface area (Å²) in [6, 6.07) is 9.16. The van der Waals surface area contributed by atoms with E-state index in [-0.39, 0.29) is 23.5 Å². The van der Waals surface area contributed by atoms with Crippen LogP contribution in [0.2, 0.25) is 0 Å². The standard InChI is InChI=1S/C27H36N4O4/c1-18(2)25-28-27(35-29-25)30-13-11-19(12-14-30)17-34-24-9-7-21(8-10-24)20-3-5-22(6-4-20)26(33)31-15-23(32)16-31/h7-10,18-20,22H,3-6,11-17H2,1-2H3. The lowest BCUT2D eigenvalue weighted by molar-refractivity contribution is -0.148. The van der Waals surface area contributed by atoms with Gasteiger partial charge in [0, 0.05) is 24.9 Å². The minimum Gasteiger partial charge on any atom is -0.493 e. The molecule has 1 aromatic heterocycles. The molecule has 8 nitrogen and oxygen atoms in total. The molecular formula is C27H36N4O4. The highest BCUT2D eigenvalue weighted by Crippen LogP contribution is 2.37. The maximum Gasteiger partial charge on any atom is 0.324 e. The second-order valence-electron chi connectivity index (χ2n) is 10.7. The third-order valence-corrected chi connectivity index (χ3v) is 7.79. The van der Waals surface area contributed by atoms with Gasteiger partial charge >= 0.3 is 6.01 Å². The van der Waals surface area contributed by atoms with E-state index in [9.17, 15) is 9.59 Å². The number of piperidine rings is 1. The molecule has 1 aliphatic carbocycles. The molecule has 5 rings (SSSR count). The van der Waals surface area contributed by atoms with Gasteiger partial charge in [0.25, 0.3) is 0 Å². The second-order valence-corrected chi connectivity index (χ2v) is 10.7. The Morgan fingerprint density at radius 1 is 1.06 bits per heavy atom. The van der Waals surface area contributed by atoms with E-state index in [2.05, 4.69) is 53.2 Å². The Labute approximate surface area is 207 Å². The summed E-state index contributed by atoms with van der Waals surface area (Å²) in [7, 11) is 0. The first-order valence-corrected chi connectivity index (χ1v) is 13.1. The summed E-state index contributed by atoms with van der Waals surface area (Å²) in [6.07, 6.45) is 5.96. The van der Waals surface area contributed by atoms with E-state index in [0.29, 0.717) is 30.9 Å². The monoisotopic (exact) mass is 480 g/mol. The van der Waals surface area contributed by atoms with Crippen molar-refractivity contribution >= 4 is 17.7 Å². The van der Waals surface area contributed by atoms with Gasteiger partial charge in [-0.25, -0.2) is 0 Å². The van der Waals surface area contributed by atoms with Gasteiger partial charge in [0.2, 0.25) is 5.91 Å². The number of amides is 1. The summed E-state index contributed by atoms with van der Waals surface area (Å²) in [5.74, 6) is 3.40. The molecule has 1 amide bonds. The van der Waals surface area contributed by atoms with Crippen molar-refractivity contribution in [3.05, 3.63) is 35.7 Å². The zero-order valence-electron chi connectivity index (χ0n) is 20.8. The van der Waals surface area contributed by atoms with E-state index in [0.717, 1.165) is 69.8 Å². The Kier molecular flexibility index (Phi) is 7.07. The van der Waals surface area contributed by atoms with Gasteiger partial charge in [0.15, 0.2) is 11.6 Å². The molecule has 0 spiro atoms. The van der Waals surface area contributed by atoms with Crippen LogP contribution < -0.4 is 9.64 Å². The number of carbonyl (C=O) groups is 2. The maximum atomic E-state index is 12.5.